The number of rotatable bonds is 5. The van der Waals surface area contributed by atoms with Crippen molar-refractivity contribution in [1.82, 2.24) is 10.2 Å². The van der Waals surface area contributed by atoms with Crippen molar-refractivity contribution in [3.8, 4) is 0 Å². The van der Waals surface area contributed by atoms with Gasteiger partial charge in [0.2, 0.25) is 11.8 Å². The van der Waals surface area contributed by atoms with E-state index >= 15 is 0 Å². The van der Waals surface area contributed by atoms with E-state index < -0.39 is 5.91 Å². The van der Waals surface area contributed by atoms with Crippen LogP contribution in [0.3, 0.4) is 0 Å². The van der Waals surface area contributed by atoms with Gasteiger partial charge in [-0.15, -0.1) is 11.3 Å². The van der Waals surface area contributed by atoms with Gasteiger partial charge in [-0.3, -0.25) is 19.3 Å². The summed E-state index contributed by atoms with van der Waals surface area (Å²) in [7, 11) is 1.61. The summed E-state index contributed by atoms with van der Waals surface area (Å²) < 4.78 is 0. The molecule has 1 atom stereocenters. The molecule has 1 aromatic heterocycles. The predicted octanol–water partition coefficient (Wildman–Crippen LogP) is 0.875. The average Bonchev–Trinajstić information content (AvgIpc) is 3.17. The third-order valence-electron chi connectivity index (χ3n) is 4.93. The number of carbonyl (C=O) groups excluding carboxylic acids is 3. The van der Waals surface area contributed by atoms with Crippen molar-refractivity contribution in [3.63, 3.8) is 0 Å². The molecular weight excluding hydrogens is 340 g/mol. The Morgan fingerprint density at radius 3 is 2.72 bits per heavy atom. The molecule has 0 aromatic carbocycles. The monoisotopic (exact) mass is 364 g/mol. The summed E-state index contributed by atoms with van der Waals surface area (Å²) in [5.41, 5.74) is 7.03. The number of nitrogens with two attached hydrogens (primary N) is 1. The molecule has 1 fully saturated rings. The molecule has 1 unspecified atom stereocenters. The minimum atomic E-state index is -0.487. The van der Waals surface area contributed by atoms with Crippen LogP contribution >= 0.6 is 11.3 Å². The summed E-state index contributed by atoms with van der Waals surface area (Å²) in [5, 5.41) is 6.06. The smallest absolute Gasteiger partial charge is 0.251 e. The minimum absolute atomic E-state index is 0.0605. The highest BCUT2D eigenvalue weighted by Gasteiger charge is 2.32. The van der Waals surface area contributed by atoms with Crippen LogP contribution < -0.4 is 16.4 Å². The Kier molecular flexibility index (Phi) is 5.39. The summed E-state index contributed by atoms with van der Waals surface area (Å²) in [4.78, 5) is 39.3. The lowest BCUT2D eigenvalue weighted by Gasteiger charge is -2.22. The highest BCUT2D eigenvalue weighted by atomic mass is 32.1. The third-order valence-corrected chi connectivity index (χ3v) is 6.14. The van der Waals surface area contributed by atoms with Gasteiger partial charge in [0.1, 0.15) is 5.00 Å². The molecule has 0 bridgehead atoms. The van der Waals surface area contributed by atoms with E-state index in [1.54, 1.807) is 7.05 Å². The number of aryl methyl sites for hydroxylation is 1. The molecule has 1 aliphatic heterocycles. The first-order valence-electron chi connectivity index (χ1n) is 8.71. The topological polar surface area (TPSA) is 105 Å². The number of likely N-dealkylation sites (N-methyl/N-ethyl adjacent to an activating group) is 1. The Morgan fingerprint density at radius 1 is 1.24 bits per heavy atom. The molecule has 1 saturated heterocycles. The largest absolute Gasteiger partial charge is 0.365 e. The number of primary amides is 1. The van der Waals surface area contributed by atoms with Crippen LogP contribution in [0.2, 0.25) is 0 Å². The van der Waals surface area contributed by atoms with Gasteiger partial charge in [-0.2, -0.15) is 0 Å². The number of anilines is 1. The maximum atomic E-state index is 12.5. The van der Waals surface area contributed by atoms with Crippen molar-refractivity contribution in [3.05, 3.63) is 16.0 Å². The van der Waals surface area contributed by atoms with Crippen LogP contribution in [0.1, 0.15) is 46.5 Å². The molecule has 2 heterocycles. The molecule has 3 amide bonds. The van der Waals surface area contributed by atoms with E-state index in [-0.39, 0.29) is 24.4 Å². The zero-order valence-corrected chi connectivity index (χ0v) is 15.2. The molecule has 4 N–H and O–H groups in total. The SMILES string of the molecule is CNC(=O)C1CCCN1CC(=O)Nc1sc2c(c1C(N)=O)CCCC2. The van der Waals surface area contributed by atoms with Crippen LogP contribution in [0.5, 0.6) is 0 Å². The lowest BCUT2D eigenvalue weighted by Crippen LogP contribution is -2.45. The number of amides is 3. The second-order valence-electron chi connectivity index (χ2n) is 6.57. The van der Waals surface area contributed by atoms with Crippen LogP contribution in [-0.4, -0.2) is 48.8 Å². The number of nitrogens with zero attached hydrogens (tertiary/aromatic N) is 1. The number of thiophene rings is 1. The molecule has 8 heteroatoms. The van der Waals surface area contributed by atoms with Crippen molar-refractivity contribution >= 4 is 34.1 Å². The molecule has 2 aliphatic rings. The first-order chi connectivity index (χ1) is 12.0. The zero-order chi connectivity index (χ0) is 18.0. The fraction of sp³-hybridized carbons (Fsp3) is 0.588. The second-order valence-corrected chi connectivity index (χ2v) is 7.68. The summed E-state index contributed by atoms with van der Waals surface area (Å²) in [5.74, 6) is -0.759. The van der Waals surface area contributed by atoms with Gasteiger partial charge in [-0.25, -0.2) is 0 Å². The first kappa shape index (κ1) is 17.9. The molecule has 0 saturated carbocycles. The van der Waals surface area contributed by atoms with E-state index in [2.05, 4.69) is 10.6 Å². The van der Waals surface area contributed by atoms with Crippen molar-refractivity contribution in [2.45, 2.75) is 44.6 Å². The molecule has 7 nitrogen and oxygen atoms in total. The quantitative estimate of drug-likeness (QED) is 0.721. The Morgan fingerprint density at radius 2 is 2.00 bits per heavy atom. The van der Waals surface area contributed by atoms with E-state index in [1.165, 1.54) is 11.3 Å². The Labute approximate surface area is 150 Å². The highest BCUT2D eigenvalue weighted by Crippen LogP contribution is 2.37. The number of fused-ring (bicyclic) bond motifs is 1. The first-order valence-corrected chi connectivity index (χ1v) is 9.52. The van der Waals surface area contributed by atoms with Crippen LogP contribution in [0.15, 0.2) is 0 Å². The number of nitrogens with one attached hydrogen (secondary N) is 2. The molecule has 3 rings (SSSR count). The van der Waals surface area contributed by atoms with E-state index in [0.717, 1.165) is 55.5 Å². The molecule has 0 radical (unpaired) electrons. The van der Waals surface area contributed by atoms with Crippen LogP contribution in [-0.2, 0) is 22.4 Å². The molecule has 25 heavy (non-hydrogen) atoms. The molecule has 1 aliphatic carbocycles. The van der Waals surface area contributed by atoms with Crippen molar-refractivity contribution in [2.75, 3.05) is 25.5 Å². The Bertz CT molecular complexity index is 700. The normalized spacial score (nSPS) is 20.1. The fourth-order valence-electron chi connectivity index (χ4n) is 3.74. The lowest BCUT2D eigenvalue weighted by atomic mass is 9.95. The summed E-state index contributed by atoms with van der Waals surface area (Å²) in [6.07, 6.45) is 5.56. The van der Waals surface area contributed by atoms with Gasteiger partial charge in [0.05, 0.1) is 18.2 Å². The van der Waals surface area contributed by atoms with E-state index in [4.69, 9.17) is 5.73 Å². The summed E-state index contributed by atoms with van der Waals surface area (Å²) >= 11 is 1.46. The van der Waals surface area contributed by atoms with Gasteiger partial charge in [0.15, 0.2) is 0 Å². The Balaban J connectivity index is 1.72. The predicted molar refractivity (Wildman–Crippen MR) is 96.8 cm³/mol. The fourth-order valence-corrected chi connectivity index (χ4v) is 5.05. The van der Waals surface area contributed by atoms with Crippen LogP contribution in [0.4, 0.5) is 5.00 Å². The van der Waals surface area contributed by atoms with Crippen molar-refractivity contribution < 1.29 is 14.4 Å². The van der Waals surface area contributed by atoms with Gasteiger partial charge in [-0.05, 0) is 50.6 Å². The van der Waals surface area contributed by atoms with Crippen molar-refractivity contribution in [1.29, 1.82) is 0 Å². The number of hydrogen-bond donors (Lipinski definition) is 3. The highest BCUT2D eigenvalue weighted by molar-refractivity contribution is 7.17. The van der Waals surface area contributed by atoms with Gasteiger partial charge in [-0.1, -0.05) is 0 Å². The van der Waals surface area contributed by atoms with Gasteiger partial charge >= 0.3 is 0 Å². The van der Waals surface area contributed by atoms with E-state index in [0.29, 0.717) is 10.6 Å². The molecule has 1 aromatic rings. The maximum absolute atomic E-state index is 12.5. The van der Waals surface area contributed by atoms with Crippen LogP contribution in [0, 0.1) is 0 Å². The maximum Gasteiger partial charge on any atom is 0.251 e. The second kappa shape index (κ2) is 7.53. The van der Waals surface area contributed by atoms with E-state index in [9.17, 15) is 14.4 Å². The Hall–Kier alpha value is -1.93. The third kappa shape index (κ3) is 3.69. The summed E-state index contributed by atoms with van der Waals surface area (Å²) in [6, 6.07) is -0.261. The van der Waals surface area contributed by atoms with E-state index in [1.807, 2.05) is 4.90 Å². The summed E-state index contributed by atoms with van der Waals surface area (Å²) in [6.45, 7) is 0.855. The molecular formula is C17H24N4O3S. The standard InChI is InChI=1S/C17H24N4O3S/c1-19-16(24)11-6-4-8-21(11)9-13(22)20-17-14(15(18)23)10-5-2-3-7-12(10)25-17/h11H,2-9H2,1H3,(H2,18,23)(H,19,24)(H,20,22). The van der Waals surface area contributed by atoms with Crippen molar-refractivity contribution in [2.24, 2.45) is 5.73 Å². The average molecular weight is 364 g/mol. The minimum Gasteiger partial charge on any atom is -0.365 e. The molecule has 0 spiro atoms. The zero-order valence-electron chi connectivity index (χ0n) is 14.4. The number of likely N-dealkylation sites (tertiary alicyclic amines) is 1. The lowest BCUT2D eigenvalue weighted by molar-refractivity contribution is -0.126. The molecule has 136 valence electrons. The van der Waals surface area contributed by atoms with Gasteiger partial charge in [0, 0.05) is 11.9 Å². The van der Waals surface area contributed by atoms with Gasteiger partial charge < -0.3 is 16.4 Å². The van der Waals surface area contributed by atoms with Gasteiger partial charge in [0.25, 0.3) is 5.91 Å². The van der Waals surface area contributed by atoms with Crippen LogP contribution in [0.25, 0.3) is 0 Å². The number of carbonyl (C=O) groups is 3. The number of hydrogen-bond acceptors (Lipinski definition) is 5.